The third-order valence-electron chi connectivity index (χ3n) is 3.15. The molecular formula is C16H14N4O3S2. The van der Waals surface area contributed by atoms with Gasteiger partial charge in [0.15, 0.2) is 5.11 Å². The maximum Gasteiger partial charge on any atom is 0.337 e. The molecule has 128 valence electrons. The van der Waals surface area contributed by atoms with Crippen LogP contribution in [0.25, 0.3) is 10.7 Å². The zero-order valence-corrected chi connectivity index (χ0v) is 14.8. The first kappa shape index (κ1) is 17.1. The molecule has 7 nitrogen and oxygen atoms in total. The van der Waals surface area contributed by atoms with Crippen molar-refractivity contribution in [3.8, 4) is 10.7 Å². The van der Waals surface area contributed by atoms with Gasteiger partial charge in [-0.1, -0.05) is 17.3 Å². The fraction of sp³-hybridized carbons (Fsp3) is 0.125. The lowest BCUT2D eigenvalue weighted by Gasteiger charge is -2.09. The van der Waals surface area contributed by atoms with Gasteiger partial charge in [0.05, 0.1) is 24.1 Å². The highest BCUT2D eigenvalue weighted by molar-refractivity contribution is 7.80. The van der Waals surface area contributed by atoms with Crippen LogP contribution in [0.1, 0.15) is 16.2 Å². The van der Waals surface area contributed by atoms with Crippen LogP contribution in [-0.2, 0) is 11.3 Å². The van der Waals surface area contributed by atoms with Gasteiger partial charge in [-0.25, -0.2) is 4.79 Å². The maximum atomic E-state index is 11.5. The molecule has 2 aromatic heterocycles. The van der Waals surface area contributed by atoms with Crippen LogP contribution in [0.3, 0.4) is 0 Å². The number of rotatable bonds is 5. The van der Waals surface area contributed by atoms with Gasteiger partial charge in [-0.15, -0.1) is 11.3 Å². The second kappa shape index (κ2) is 7.86. The van der Waals surface area contributed by atoms with Crippen LogP contribution < -0.4 is 10.6 Å². The molecule has 9 heteroatoms. The van der Waals surface area contributed by atoms with Crippen LogP contribution in [0.4, 0.5) is 5.69 Å². The number of nitrogens with zero attached hydrogens (tertiary/aromatic N) is 2. The van der Waals surface area contributed by atoms with Crippen LogP contribution in [0.2, 0.25) is 0 Å². The van der Waals surface area contributed by atoms with Gasteiger partial charge in [0, 0.05) is 5.69 Å². The molecule has 25 heavy (non-hydrogen) atoms. The Morgan fingerprint density at radius 3 is 3.00 bits per heavy atom. The Morgan fingerprint density at radius 2 is 2.24 bits per heavy atom. The predicted octanol–water partition coefficient (Wildman–Crippen LogP) is 3.07. The number of carbonyl (C=O) groups is 1. The monoisotopic (exact) mass is 374 g/mol. The van der Waals surface area contributed by atoms with E-state index in [1.54, 1.807) is 24.3 Å². The summed E-state index contributed by atoms with van der Waals surface area (Å²) in [5, 5.41) is 12.2. The van der Waals surface area contributed by atoms with Crippen molar-refractivity contribution < 1.29 is 14.1 Å². The molecule has 3 rings (SSSR count). The number of carbonyl (C=O) groups excluding carboxylic acids is 1. The van der Waals surface area contributed by atoms with Crippen molar-refractivity contribution in [3.63, 3.8) is 0 Å². The van der Waals surface area contributed by atoms with E-state index in [-0.39, 0.29) is 0 Å². The molecule has 0 saturated carbocycles. The molecule has 0 spiro atoms. The number of thiophene rings is 1. The molecule has 0 radical (unpaired) electrons. The van der Waals surface area contributed by atoms with Crippen molar-refractivity contribution in [2.45, 2.75) is 6.54 Å². The lowest BCUT2D eigenvalue weighted by atomic mass is 10.2. The van der Waals surface area contributed by atoms with Gasteiger partial charge >= 0.3 is 5.97 Å². The average molecular weight is 374 g/mol. The number of anilines is 1. The Hall–Kier alpha value is -2.78. The summed E-state index contributed by atoms with van der Waals surface area (Å²) in [7, 11) is 1.34. The Bertz CT molecular complexity index is 877. The molecule has 0 fully saturated rings. The number of benzene rings is 1. The number of methoxy groups -OCH3 is 1. The second-order valence-corrected chi connectivity index (χ2v) is 6.23. The lowest BCUT2D eigenvalue weighted by Crippen LogP contribution is -2.28. The minimum atomic E-state index is -0.408. The molecule has 2 N–H and O–H groups in total. The molecule has 1 aromatic carbocycles. The zero-order valence-electron chi connectivity index (χ0n) is 13.2. The Kier molecular flexibility index (Phi) is 5.36. The van der Waals surface area contributed by atoms with Gasteiger partial charge in [-0.2, -0.15) is 4.98 Å². The van der Waals surface area contributed by atoms with Crippen LogP contribution >= 0.6 is 23.6 Å². The van der Waals surface area contributed by atoms with Crippen LogP contribution in [-0.4, -0.2) is 28.3 Å². The van der Waals surface area contributed by atoms with E-state index in [1.165, 1.54) is 18.4 Å². The summed E-state index contributed by atoms with van der Waals surface area (Å²) in [5.41, 5.74) is 1.11. The Labute approximate surface area is 153 Å². The van der Waals surface area contributed by atoms with Gasteiger partial charge in [-0.05, 0) is 41.9 Å². The minimum Gasteiger partial charge on any atom is -0.465 e. The molecule has 3 aromatic rings. The van der Waals surface area contributed by atoms with E-state index in [0.29, 0.717) is 34.6 Å². The quantitative estimate of drug-likeness (QED) is 0.520. The van der Waals surface area contributed by atoms with Crippen LogP contribution in [0.15, 0.2) is 46.3 Å². The number of nitrogens with one attached hydrogen (secondary N) is 2. The molecule has 0 amide bonds. The molecule has 0 aliphatic carbocycles. The first-order valence-electron chi connectivity index (χ1n) is 7.25. The third-order valence-corrected chi connectivity index (χ3v) is 4.26. The summed E-state index contributed by atoms with van der Waals surface area (Å²) in [6, 6.07) is 10.7. The number of hydrogen-bond acceptors (Lipinski definition) is 7. The SMILES string of the molecule is COC(=O)c1cccc(NC(=S)NCc2nc(-c3cccs3)no2)c1. The van der Waals surface area contributed by atoms with E-state index in [9.17, 15) is 4.79 Å². The fourth-order valence-electron chi connectivity index (χ4n) is 2.01. The third kappa shape index (κ3) is 4.40. The van der Waals surface area contributed by atoms with E-state index < -0.39 is 5.97 Å². The van der Waals surface area contributed by atoms with Crippen molar-refractivity contribution >= 4 is 40.3 Å². The first-order chi connectivity index (χ1) is 12.2. The summed E-state index contributed by atoms with van der Waals surface area (Å²) in [5.74, 6) is 0.571. The molecule has 0 aliphatic heterocycles. The summed E-state index contributed by atoms with van der Waals surface area (Å²) in [4.78, 5) is 16.8. The van der Waals surface area contributed by atoms with Crippen molar-refractivity contribution in [3.05, 3.63) is 53.2 Å². The molecule has 0 aliphatic rings. The van der Waals surface area contributed by atoms with E-state index in [0.717, 1.165) is 4.88 Å². The van der Waals surface area contributed by atoms with Crippen LogP contribution in [0, 0.1) is 0 Å². The highest BCUT2D eigenvalue weighted by Crippen LogP contribution is 2.21. The Balaban J connectivity index is 1.56. The second-order valence-electron chi connectivity index (χ2n) is 4.87. The van der Waals surface area contributed by atoms with Crippen molar-refractivity contribution in [1.29, 1.82) is 0 Å². The zero-order chi connectivity index (χ0) is 17.6. The van der Waals surface area contributed by atoms with E-state index in [1.807, 2.05) is 17.5 Å². The van der Waals surface area contributed by atoms with E-state index >= 15 is 0 Å². The van der Waals surface area contributed by atoms with Crippen molar-refractivity contribution in [2.75, 3.05) is 12.4 Å². The number of esters is 1. The normalized spacial score (nSPS) is 10.3. The van der Waals surface area contributed by atoms with E-state index in [2.05, 4.69) is 20.8 Å². The number of hydrogen-bond donors (Lipinski definition) is 2. The topological polar surface area (TPSA) is 89.3 Å². The highest BCUT2D eigenvalue weighted by Gasteiger charge is 2.10. The van der Waals surface area contributed by atoms with Crippen LogP contribution in [0.5, 0.6) is 0 Å². The predicted molar refractivity (Wildman–Crippen MR) is 98.5 cm³/mol. The molecular weight excluding hydrogens is 360 g/mol. The molecule has 2 heterocycles. The van der Waals surface area contributed by atoms with E-state index in [4.69, 9.17) is 21.5 Å². The van der Waals surface area contributed by atoms with Crippen molar-refractivity contribution in [2.24, 2.45) is 0 Å². The maximum absolute atomic E-state index is 11.5. The van der Waals surface area contributed by atoms with Gasteiger partial charge < -0.3 is 19.9 Å². The van der Waals surface area contributed by atoms with Gasteiger partial charge in [0.1, 0.15) is 0 Å². The summed E-state index contributed by atoms with van der Waals surface area (Å²) in [6.07, 6.45) is 0. The highest BCUT2D eigenvalue weighted by atomic mass is 32.1. The lowest BCUT2D eigenvalue weighted by molar-refractivity contribution is 0.0601. The largest absolute Gasteiger partial charge is 0.465 e. The molecule has 0 bridgehead atoms. The average Bonchev–Trinajstić information content (AvgIpc) is 3.30. The van der Waals surface area contributed by atoms with Gasteiger partial charge in [0.25, 0.3) is 0 Å². The molecule has 0 atom stereocenters. The summed E-state index contributed by atoms with van der Waals surface area (Å²) >= 11 is 6.77. The van der Waals surface area contributed by atoms with Crippen molar-refractivity contribution in [1.82, 2.24) is 15.5 Å². The number of thiocarbonyl (C=S) groups is 1. The van der Waals surface area contributed by atoms with Gasteiger partial charge in [0.2, 0.25) is 11.7 Å². The van der Waals surface area contributed by atoms with Gasteiger partial charge in [-0.3, -0.25) is 0 Å². The molecule has 0 unspecified atom stereocenters. The smallest absolute Gasteiger partial charge is 0.337 e. The number of ether oxygens (including phenoxy) is 1. The summed E-state index contributed by atoms with van der Waals surface area (Å²) < 4.78 is 9.88. The minimum absolute atomic E-state index is 0.293. The first-order valence-corrected chi connectivity index (χ1v) is 8.54. The fourth-order valence-corrected chi connectivity index (χ4v) is 2.84. The number of aromatic nitrogens is 2. The molecule has 0 saturated heterocycles. The standard InChI is InChI=1S/C16H14N4O3S2/c1-22-15(21)10-4-2-5-11(8-10)18-16(24)17-9-13-19-14(20-23-13)12-6-3-7-25-12/h2-8H,9H2,1H3,(H2,17,18,24). The summed E-state index contributed by atoms with van der Waals surface area (Å²) in [6.45, 7) is 0.293. The Morgan fingerprint density at radius 1 is 1.36 bits per heavy atom.